The third-order valence-corrected chi connectivity index (χ3v) is 2.72. The van der Waals surface area contributed by atoms with Crippen molar-refractivity contribution in [3.8, 4) is 5.75 Å². The van der Waals surface area contributed by atoms with Gasteiger partial charge in [0.2, 0.25) is 0 Å². The maximum Gasteiger partial charge on any atom is 0.417 e. The monoisotopic (exact) mass is 281 g/mol. The highest BCUT2D eigenvalue weighted by Crippen LogP contribution is 2.21. The summed E-state index contributed by atoms with van der Waals surface area (Å²) >= 11 is 11.6. The number of rotatable bonds is 2. The summed E-state index contributed by atoms with van der Waals surface area (Å²) in [6, 6.07) is 13.4. The number of benzene rings is 2. The second-order valence-electron chi connectivity index (χ2n) is 3.45. The van der Waals surface area contributed by atoms with Crippen molar-refractivity contribution in [2.75, 3.05) is 5.32 Å². The van der Waals surface area contributed by atoms with Gasteiger partial charge in [0.15, 0.2) is 0 Å². The van der Waals surface area contributed by atoms with E-state index in [0.717, 1.165) is 0 Å². The van der Waals surface area contributed by atoms with Gasteiger partial charge in [0.25, 0.3) is 0 Å². The van der Waals surface area contributed by atoms with Crippen LogP contribution in [0.3, 0.4) is 0 Å². The molecular weight excluding hydrogens is 273 g/mol. The Hall–Kier alpha value is -1.71. The minimum absolute atomic E-state index is 0.406. The molecular formula is C13H9Cl2NO2. The van der Waals surface area contributed by atoms with E-state index in [0.29, 0.717) is 21.5 Å². The van der Waals surface area contributed by atoms with Crippen LogP contribution in [-0.4, -0.2) is 6.09 Å². The van der Waals surface area contributed by atoms with Gasteiger partial charge in [-0.05, 0) is 36.4 Å². The summed E-state index contributed by atoms with van der Waals surface area (Å²) in [6.45, 7) is 0. The first-order chi connectivity index (χ1) is 8.65. The summed E-state index contributed by atoms with van der Waals surface area (Å²) in [5, 5.41) is 3.57. The number of nitrogens with one attached hydrogen (secondary N) is 1. The average molecular weight is 282 g/mol. The molecule has 0 radical (unpaired) electrons. The molecule has 92 valence electrons. The van der Waals surface area contributed by atoms with Gasteiger partial charge in [-0.3, -0.25) is 5.32 Å². The van der Waals surface area contributed by atoms with E-state index in [1.807, 2.05) is 0 Å². The van der Waals surface area contributed by atoms with Crippen LogP contribution in [0.1, 0.15) is 0 Å². The zero-order valence-corrected chi connectivity index (χ0v) is 10.7. The number of halogens is 2. The van der Waals surface area contributed by atoms with Crippen LogP contribution >= 0.6 is 23.2 Å². The van der Waals surface area contributed by atoms with E-state index in [4.69, 9.17) is 27.9 Å². The van der Waals surface area contributed by atoms with Crippen molar-refractivity contribution in [1.82, 2.24) is 0 Å². The number of hydrogen-bond donors (Lipinski definition) is 1. The van der Waals surface area contributed by atoms with Gasteiger partial charge in [-0.1, -0.05) is 35.3 Å². The molecule has 0 unspecified atom stereocenters. The molecule has 0 aliphatic carbocycles. The molecule has 2 rings (SSSR count). The summed E-state index contributed by atoms with van der Waals surface area (Å²) in [6.07, 6.45) is -0.606. The van der Waals surface area contributed by atoms with Crippen LogP contribution in [0.2, 0.25) is 10.0 Å². The molecule has 0 fully saturated rings. The maximum atomic E-state index is 11.6. The highest BCUT2D eigenvalue weighted by atomic mass is 35.5. The van der Waals surface area contributed by atoms with E-state index < -0.39 is 6.09 Å². The Morgan fingerprint density at radius 2 is 1.67 bits per heavy atom. The highest BCUT2D eigenvalue weighted by molar-refractivity contribution is 6.33. The quantitative estimate of drug-likeness (QED) is 0.873. The molecule has 0 saturated carbocycles. The second-order valence-corrected chi connectivity index (χ2v) is 4.29. The molecule has 2 aromatic rings. The lowest BCUT2D eigenvalue weighted by molar-refractivity contribution is 0.215. The SMILES string of the molecule is O=C(Nc1ccccc1Cl)Oc1ccc(Cl)cc1. The topological polar surface area (TPSA) is 38.3 Å². The first-order valence-electron chi connectivity index (χ1n) is 5.14. The van der Waals surface area contributed by atoms with Crippen molar-refractivity contribution < 1.29 is 9.53 Å². The van der Waals surface area contributed by atoms with Gasteiger partial charge in [-0.25, -0.2) is 4.79 Å². The highest BCUT2D eigenvalue weighted by Gasteiger charge is 2.07. The third kappa shape index (κ3) is 3.39. The maximum absolute atomic E-state index is 11.6. The Labute approximate surface area is 114 Å². The van der Waals surface area contributed by atoms with Crippen LogP contribution in [0, 0.1) is 0 Å². The van der Waals surface area contributed by atoms with E-state index in [1.165, 1.54) is 0 Å². The van der Waals surface area contributed by atoms with Crippen molar-refractivity contribution in [2.24, 2.45) is 0 Å². The average Bonchev–Trinajstić information content (AvgIpc) is 2.35. The van der Waals surface area contributed by atoms with Crippen molar-refractivity contribution >= 4 is 35.0 Å². The van der Waals surface area contributed by atoms with Gasteiger partial charge in [-0.2, -0.15) is 0 Å². The van der Waals surface area contributed by atoms with Crippen LogP contribution in [0.4, 0.5) is 10.5 Å². The molecule has 0 heterocycles. The lowest BCUT2D eigenvalue weighted by Crippen LogP contribution is -2.16. The molecule has 0 spiro atoms. The van der Waals surface area contributed by atoms with Gasteiger partial charge >= 0.3 is 6.09 Å². The molecule has 3 nitrogen and oxygen atoms in total. The molecule has 0 saturated heterocycles. The Morgan fingerprint density at radius 1 is 1.00 bits per heavy atom. The number of amides is 1. The smallest absolute Gasteiger partial charge is 0.410 e. The fourth-order valence-electron chi connectivity index (χ4n) is 1.31. The fraction of sp³-hybridized carbons (Fsp3) is 0. The number of carbonyl (C=O) groups is 1. The molecule has 0 aliphatic rings. The normalized spacial score (nSPS) is 9.89. The zero-order chi connectivity index (χ0) is 13.0. The van der Waals surface area contributed by atoms with E-state index in [9.17, 15) is 4.79 Å². The van der Waals surface area contributed by atoms with E-state index >= 15 is 0 Å². The molecule has 1 N–H and O–H groups in total. The fourth-order valence-corrected chi connectivity index (χ4v) is 1.62. The molecule has 5 heteroatoms. The van der Waals surface area contributed by atoms with Crippen molar-refractivity contribution in [1.29, 1.82) is 0 Å². The number of anilines is 1. The van der Waals surface area contributed by atoms with Crippen molar-refractivity contribution in [2.45, 2.75) is 0 Å². The lowest BCUT2D eigenvalue weighted by atomic mass is 10.3. The molecule has 0 aliphatic heterocycles. The molecule has 0 aromatic heterocycles. The van der Waals surface area contributed by atoms with Crippen LogP contribution < -0.4 is 10.1 Å². The van der Waals surface area contributed by atoms with Gasteiger partial charge in [0, 0.05) is 5.02 Å². The van der Waals surface area contributed by atoms with Gasteiger partial charge in [0.1, 0.15) is 5.75 Å². The van der Waals surface area contributed by atoms with Crippen LogP contribution in [0.25, 0.3) is 0 Å². The van der Waals surface area contributed by atoms with E-state index in [-0.39, 0.29) is 0 Å². The summed E-state index contributed by atoms with van der Waals surface area (Å²) < 4.78 is 5.06. The van der Waals surface area contributed by atoms with E-state index in [1.54, 1.807) is 48.5 Å². The third-order valence-electron chi connectivity index (χ3n) is 2.13. The van der Waals surface area contributed by atoms with Crippen LogP contribution in [-0.2, 0) is 0 Å². The van der Waals surface area contributed by atoms with Gasteiger partial charge in [-0.15, -0.1) is 0 Å². The summed E-state index contributed by atoms with van der Waals surface area (Å²) in [5.41, 5.74) is 0.498. The lowest BCUT2D eigenvalue weighted by Gasteiger charge is -2.07. The molecule has 2 aromatic carbocycles. The van der Waals surface area contributed by atoms with Crippen molar-refractivity contribution in [3.63, 3.8) is 0 Å². The Kier molecular flexibility index (Phi) is 4.07. The number of para-hydroxylation sites is 1. The minimum Gasteiger partial charge on any atom is -0.410 e. The standard InChI is InChI=1S/C13H9Cl2NO2/c14-9-5-7-10(8-6-9)18-13(17)16-12-4-2-1-3-11(12)15/h1-8H,(H,16,17). The summed E-state index contributed by atoms with van der Waals surface area (Å²) in [7, 11) is 0. The predicted molar refractivity (Wildman–Crippen MR) is 72.6 cm³/mol. The van der Waals surface area contributed by atoms with Gasteiger partial charge < -0.3 is 4.74 Å². The molecule has 18 heavy (non-hydrogen) atoms. The molecule has 1 amide bonds. The van der Waals surface area contributed by atoms with Crippen molar-refractivity contribution in [3.05, 3.63) is 58.6 Å². The van der Waals surface area contributed by atoms with Crippen LogP contribution in [0.5, 0.6) is 5.75 Å². The summed E-state index contributed by atoms with van der Waals surface area (Å²) in [4.78, 5) is 11.6. The molecule has 0 atom stereocenters. The van der Waals surface area contributed by atoms with Crippen LogP contribution in [0.15, 0.2) is 48.5 Å². The van der Waals surface area contributed by atoms with Gasteiger partial charge in [0.05, 0.1) is 10.7 Å². The van der Waals surface area contributed by atoms with E-state index in [2.05, 4.69) is 5.32 Å². The largest absolute Gasteiger partial charge is 0.417 e. The number of ether oxygens (including phenoxy) is 1. The zero-order valence-electron chi connectivity index (χ0n) is 9.19. The summed E-state index contributed by atoms with van der Waals surface area (Å²) in [5.74, 6) is 0.406. The Bertz CT molecular complexity index is 555. The predicted octanol–water partition coefficient (Wildman–Crippen LogP) is 4.60. The minimum atomic E-state index is -0.606. The number of carbonyl (C=O) groups excluding carboxylic acids is 1. The first-order valence-corrected chi connectivity index (χ1v) is 5.89. The Morgan fingerprint density at radius 3 is 2.33 bits per heavy atom. The Balaban J connectivity index is 2.01. The molecule has 0 bridgehead atoms. The second kappa shape index (κ2) is 5.76. The first kappa shape index (κ1) is 12.7. The number of hydrogen-bond acceptors (Lipinski definition) is 2.